The molecule has 4 heteroatoms. The van der Waals surface area contributed by atoms with Crippen molar-refractivity contribution in [1.29, 1.82) is 0 Å². The van der Waals surface area contributed by atoms with Crippen LogP contribution in [0.3, 0.4) is 0 Å². The summed E-state index contributed by atoms with van der Waals surface area (Å²) in [5, 5.41) is 9.76. The molecule has 0 bridgehead atoms. The van der Waals surface area contributed by atoms with Gasteiger partial charge in [0.25, 0.3) is 0 Å². The molecule has 16 heavy (non-hydrogen) atoms. The molecular weight excluding hydrogens is 268 g/mol. The number of aliphatic hydroxyl groups is 1. The molecule has 84 valence electrons. The van der Waals surface area contributed by atoms with Crippen LogP contribution < -0.4 is 0 Å². The number of aliphatic hydroxyl groups excluding tert-OH is 1. The number of benzene rings is 1. The lowest BCUT2D eigenvalue weighted by Crippen LogP contribution is -2.03. The summed E-state index contributed by atoms with van der Waals surface area (Å²) in [5.74, 6) is 0.907. The maximum Gasteiger partial charge on any atom is 0.110 e. The second kappa shape index (κ2) is 4.39. The lowest BCUT2D eigenvalue weighted by Gasteiger charge is -2.14. The predicted octanol–water partition coefficient (Wildman–Crippen LogP) is 3.00. The van der Waals surface area contributed by atoms with E-state index >= 15 is 0 Å². The fourth-order valence-electron chi connectivity index (χ4n) is 1.71. The Morgan fingerprint density at radius 1 is 1.44 bits per heavy atom. The zero-order chi connectivity index (χ0) is 11.7. The van der Waals surface area contributed by atoms with Crippen LogP contribution in [0.5, 0.6) is 0 Å². The Kier molecular flexibility index (Phi) is 3.12. The number of halogens is 1. The molecule has 0 amide bonds. The van der Waals surface area contributed by atoms with E-state index in [-0.39, 0.29) is 0 Å². The lowest BCUT2D eigenvalue weighted by molar-refractivity contribution is 0.199. The molecule has 0 saturated carbocycles. The Morgan fingerprint density at radius 3 is 2.75 bits per heavy atom. The van der Waals surface area contributed by atoms with Crippen molar-refractivity contribution in [3.8, 4) is 5.69 Å². The molecule has 1 aromatic carbocycles. The molecule has 0 fully saturated rings. The molecule has 0 aliphatic heterocycles. The highest BCUT2D eigenvalue weighted by molar-refractivity contribution is 9.10. The van der Waals surface area contributed by atoms with Crippen LogP contribution in [0.4, 0.5) is 0 Å². The van der Waals surface area contributed by atoms with Crippen LogP contribution in [-0.2, 0) is 0 Å². The first-order valence-corrected chi connectivity index (χ1v) is 5.86. The summed E-state index contributed by atoms with van der Waals surface area (Å²) in [7, 11) is 0. The van der Waals surface area contributed by atoms with E-state index in [0.717, 1.165) is 21.5 Å². The van der Waals surface area contributed by atoms with E-state index in [1.54, 1.807) is 13.1 Å². The maximum absolute atomic E-state index is 9.76. The number of rotatable bonds is 2. The zero-order valence-corrected chi connectivity index (χ0v) is 10.8. The van der Waals surface area contributed by atoms with Crippen molar-refractivity contribution in [1.82, 2.24) is 9.55 Å². The number of aryl methyl sites for hydroxylation is 1. The molecule has 0 spiro atoms. The second-order valence-electron chi connectivity index (χ2n) is 3.72. The van der Waals surface area contributed by atoms with Gasteiger partial charge in [-0.25, -0.2) is 4.98 Å². The number of aromatic nitrogens is 2. The Hall–Kier alpha value is -1.13. The molecular formula is C12H13BrN2O. The van der Waals surface area contributed by atoms with Crippen molar-refractivity contribution >= 4 is 15.9 Å². The maximum atomic E-state index is 9.76. The molecule has 2 aromatic rings. The van der Waals surface area contributed by atoms with Gasteiger partial charge in [0.2, 0.25) is 0 Å². The van der Waals surface area contributed by atoms with Crippen molar-refractivity contribution in [3.05, 3.63) is 46.5 Å². The third-order valence-electron chi connectivity index (χ3n) is 2.52. The Bertz CT molecular complexity index is 505. The van der Waals surface area contributed by atoms with Crippen molar-refractivity contribution in [2.75, 3.05) is 0 Å². The number of hydrogen-bond donors (Lipinski definition) is 1. The molecule has 1 N–H and O–H groups in total. The van der Waals surface area contributed by atoms with Crippen LogP contribution in [0.25, 0.3) is 5.69 Å². The molecule has 1 unspecified atom stereocenters. The van der Waals surface area contributed by atoms with Crippen molar-refractivity contribution in [2.45, 2.75) is 20.0 Å². The Balaban J connectivity index is 2.61. The van der Waals surface area contributed by atoms with Gasteiger partial charge >= 0.3 is 0 Å². The average molecular weight is 281 g/mol. The number of hydrogen-bond acceptors (Lipinski definition) is 2. The van der Waals surface area contributed by atoms with Crippen LogP contribution >= 0.6 is 15.9 Å². The fourth-order valence-corrected chi connectivity index (χ4v) is 2.09. The van der Waals surface area contributed by atoms with Crippen molar-refractivity contribution < 1.29 is 5.11 Å². The Labute approximate surface area is 103 Å². The van der Waals surface area contributed by atoms with E-state index in [2.05, 4.69) is 20.9 Å². The van der Waals surface area contributed by atoms with Gasteiger partial charge < -0.3 is 9.67 Å². The SMILES string of the molecule is Cc1nccn1-c1ccc(Br)cc1C(C)O. The van der Waals surface area contributed by atoms with Gasteiger partial charge in [-0.15, -0.1) is 0 Å². The minimum absolute atomic E-state index is 0.505. The number of imidazole rings is 1. The van der Waals surface area contributed by atoms with Gasteiger partial charge in [0.1, 0.15) is 5.82 Å². The third-order valence-corrected chi connectivity index (χ3v) is 3.02. The van der Waals surface area contributed by atoms with E-state index in [1.807, 2.05) is 35.9 Å². The summed E-state index contributed by atoms with van der Waals surface area (Å²) in [5.41, 5.74) is 1.85. The molecule has 3 nitrogen and oxygen atoms in total. The lowest BCUT2D eigenvalue weighted by atomic mass is 10.1. The quantitative estimate of drug-likeness (QED) is 0.919. The molecule has 0 aliphatic carbocycles. The highest BCUT2D eigenvalue weighted by Crippen LogP contribution is 2.26. The summed E-state index contributed by atoms with van der Waals surface area (Å²) < 4.78 is 2.93. The van der Waals surface area contributed by atoms with Crippen LogP contribution in [0, 0.1) is 6.92 Å². The van der Waals surface area contributed by atoms with Gasteiger partial charge in [-0.05, 0) is 32.0 Å². The molecule has 0 aliphatic rings. The van der Waals surface area contributed by atoms with Crippen LogP contribution in [0.1, 0.15) is 24.4 Å². The standard InChI is InChI=1S/C12H13BrN2O/c1-8(16)11-7-10(13)3-4-12(11)15-6-5-14-9(15)2/h3-8,16H,1-2H3. The van der Waals surface area contributed by atoms with Crippen LogP contribution in [0.15, 0.2) is 35.1 Å². The first kappa shape index (κ1) is 11.4. The van der Waals surface area contributed by atoms with Gasteiger partial charge in [-0.1, -0.05) is 15.9 Å². The minimum Gasteiger partial charge on any atom is -0.389 e. The predicted molar refractivity (Wildman–Crippen MR) is 66.6 cm³/mol. The summed E-state index contributed by atoms with van der Waals surface area (Å²) in [6, 6.07) is 5.86. The first-order chi connectivity index (χ1) is 7.59. The monoisotopic (exact) mass is 280 g/mol. The highest BCUT2D eigenvalue weighted by atomic mass is 79.9. The molecule has 1 aromatic heterocycles. The average Bonchev–Trinajstić information content (AvgIpc) is 2.64. The summed E-state index contributed by atoms with van der Waals surface area (Å²) in [6.07, 6.45) is 3.14. The Morgan fingerprint density at radius 2 is 2.19 bits per heavy atom. The van der Waals surface area contributed by atoms with E-state index in [4.69, 9.17) is 0 Å². The van der Waals surface area contributed by atoms with E-state index in [1.165, 1.54) is 0 Å². The summed E-state index contributed by atoms with van der Waals surface area (Å²) in [6.45, 7) is 3.70. The van der Waals surface area contributed by atoms with E-state index in [9.17, 15) is 5.11 Å². The first-order valence-electron chi connectivity index (χ1n) is 5.07. The zero-order valence-electron chi connectivity index (χ0n) is 9.18. The normalized spacial score (nSPS) is 12.8. The van der Waals surface area contributed by atoms with Gasteiger partial charge in [-0.3, -0.25) is 0 Å². The third kappa shape index (κ3) is 2.03. The molecule has 1 heterocycles. The van der Waals surface area contributed by atoms with E-state index in [0.29, 0.717) is 0 Å². The van der Waals surface area contributed by atoms with Gasteiger partial charge in [0.15, 0.2) is 0 Å². The van der Waals surface area contributed by atoms with E-state index < -0.39 is 6.10 Å². The van der Waals surface area contributed by atoms with Gasteiger partial charge in [0, 0.05) is 22.4 Å². The molecule has 1 atom stereocenters. The van der Waals surface area contributed by atoms with Crippen molar-refractivity contribution in [2.24, 2.45) is 0 Å². The smallest absolute Gasteiger partial charge is 0.110 e. The second-order valence-corrected chi connectivity index (χ2v) is 4.64. The molecule has 0 saturated heterocycles. The number of nitrogens with zero attached hydrogens (tertiary/aromatic N) is 2. The van der Waals surface area contributed by atoms with Gasteiger partial charge in [-0.2, -0.15) is 0 Å². The van der Waals surface area contributed by atoms with Crippen LogP contribution in [0.2, 0.25) is 0 Å². The van der Waals surface area contributed by atoms with Gasteiger partial charge in [0.05, 0.1) is 11.8 Å². The minimum atomic E-state index is -0.505. The topological polar surface area (TPSA) is 38.0 Å². The summed E-state index contributed by atoms with van der Waals surface area (Å²) >= 11 is 3.41. The van der Waals surface area contributed by atoms with Crippen molar-refractivity contribution in [3.63, 3.8) is 0 Å². The largest absolute Gasteiger partial charge is 0.389 e. The molecule has 0 radical (unpaired) electrons. The summed E-state index contributed by atoms with van der Waals surface area (Å²) in [4.78, 5) is 4.19. The highest BCUT2D eigenvalue weighted by Gasteiger charge is 2.11. The molecule has 2 rings (SSSR count). The fraction of sp³-hybridized carbons (Fsp3) is 0.250. The van der Waals surface area contributed by atoms with Crippen LogP contribution in [-0.4, -0.2) is 14.7 Å².